The van der Waals surface area contributed by atoms with Gasteiger partial charge in [0.25, 0.3) is 0 Å². The van der Waals surface area contributed by atoms with Crippen molar-refractivity contribution in [1.82, 2.24) is 9.55 Å². The van der Waals surface area contributed by atoms with Crippen molar-refractivity contribution >= 4 is 76.1 Å². The molecule has 4 heterocycles. The van der Waals surface area contributed by atoms with E-state index in [1.54, 1.807) is 0 Å². The van der Waals surface area contributed by atoms with E-state index in [1.807, 2.05) is 112 Å². The second-order valence-electron chi connectivity index (χ2n) is 25.1. The lowest BCUT2D eigenvalue weighted by Gasteiger charge is -2.34. The molecule has 0 saturated carbocycles. The Morgan fingerprint density at radius 2 is 1.14 bits per heavy atom. The monoisotopic (exact) mass is 1050 g/mol. The molecule has 1 aliphatic rings. The van der Waals surface area contributed by atoms with Crippen LogP contribution in [0.25, 0.3) is 70.0 Å². The largest absolute Gasteiger partial charge is 0.457 e. The van der Waals surface area contributed by atoms with E-state index in [1.165, 1.54) is 31.3 Å². The quantitative estimate of drug-likeness (QED) is 0.159. The fraction of sp³-hybridized carbons (Fsp3) is 0.264. The molecule has 5 nitrogen and oxygen atoms in total. The molecule has 0 bridgehead atoms. The van der Waals surface area contributed by atoms with Crippen LogP contribution in [0.3, 0.4) is 0 Å². The van der Waals surface area contributed by atoms with Gasteiger partial charge in [-0.25, -0.2) is 4.98 Å². The zero-order chi connectivity index (χ0) is 63.5. The van der Waals surface area contributed by atoms with Crippen molar-refractivity contribution in [3.05, 3.63) is 203 Å². The van der Waals surface area contributed by atoms with Crippen molar-refractivity contribution in [2.45, 2.75) is 119 Å². The van der Waals surface area contributed by atoms with Crippen LogP contribution in [0, 0.1) is 13.8 Å². The van der Waals surface area contributed by atoms with Gasteiger partial charge in [0.2, 0.25) is 0 Å². The van der Waals surface area contributed by atoms with Crippen LogP contribution in [0.1, 0.15) is 130 Å². The van der Waals surface area contributed by atoms with Gasteiger partial charge >= 0.3 is 0 Å². The van der Waals surface area contributed by atoms with E-state index >= 15 is 0 Å². The Morgan fingerprint density at radius 1 is 0.526 bits per heavy atom. The minimum absolute atomic E-state index is 0.0480. The lowest BCUT2D eigenvalue weighted by Crippen LogP contribution is -2.26. The summed E-state index contributed by atoms with van der Waals surface area (Å²) in [5, 5.41) is 4.72. The number of thiophene rings is 1. The van der Waals surface area contributed by atoms with Gasteiger partial charge in [-0.3, -0.25) is 4.57 Å². The highest BCUT2D eigenvalue weighted by atomic mass is 32.1. The van der Waals surface area contributed by atoms with E-state index in [-0.39, 0.29) is 34.0 Å². The molecule has 6 heteroatoms. The van der Waals surface area contributed by atoms with Crippen molar-refractivity contribution in [2.75, 3.05) is 16.5 Å². The van der Waals surface area contributed by atoms with E-state index < -0.39 is 65.8 Å². The van der Waals surface area contributed by atoms with Crippen LogP contribution in [0.5, 0.6) is 11.5 Å². The topological polar surface area (TPSA) is 33.5 Å². The molecule has 0 radical (unpaired) electrons. The van der Waals surface area contributed by atoms with E-state index in [0.29, 0.717) is 45.1 Å². The summed E-state index contributed by atoms with van der Waals surface area (Å²) in [5.74, 6) is 1.97. The van der Waals surface area contributed by atoms with Gasteiger partial charge < -0.3 is 14.5 Å². The van der Waals surface area contributed by atoms with Crippen molar-refractivity contribution in [2.24, 2.45) is 0 Å². The molecular weight excluding hydrogens is 969 g/mol. The van der Waals surface area contributed by atoms with Gasteiger partial charge in [0.1, 0.15) is 24.0 Å². The number of hydrogen-bond acceptors (Lipinski definition) is 5. The third-order valence-electron chi connectivity index (χ3n) is 15.6. The standard InChI is InChI=1S/C72H72N4OS/c1-44-62(46-24-17-15-18-25-46)66(63(47-26-19-16-20-27-47)45(2)65(44)72(12,13)14)75-43-74(57-30-21-22-31-58(57)75)50-28-23-29-51(41-50)77-52-32-33-54-60(42-52)76(61-40-48(36-37-73-61)69(3,4)5)59-35-34-53-55-38-49(70(6,7)8)39-56(71(9,10)11)67(55)78-68(53)64(54)59/h15-42H,43H2,1-14H3/i15D,16D,17D,18D,19D,20D,24D,25D,26D,27D. The molecule has 0 fully saturated rings. The highest BCUT2D eigenvalue weighted by Gasteiger charge is 2.36. The molecule has 0 spiro atoms. The molecule has 0 saturated heterocycles. The highest BCUT2D eigenvalue weighted by molar-refractivity contribution is 7.27. The average molecular weight is 1050 g/mol. The summed E-state index contributed by atoms with van der Waals surface area (Å²) in [6.07, 6.45) is 1.90. The lowest BCUT2D eigenvalue weighted by atomic mass is 9.75. The number of benzene rings is 8. The summed E-state index contributed by atoms with van der Waals surface area (Å²) in [5.41, 5.74) is 9.90. The van der Waals surface area contributed by atoms with Crippen LogP contribution in [0.2, 0.25) is 0 Å². The fourth-order valence-electron chi connectivity index (χ4n) is 12.0. The predicted octanol–water partition coefficient (Wildman–Crippen LogP) is 20.7. The first-order valence-electron chi connectivity index (χ1n) is 31.9. The zero-order valence-electron chi connectivity index (χ0n) is 57.2. The van der Waals surface area contributed by atoms with Crippen LogP contribution in [-0.2, 0) is 21.7 Å². The molecule has 392 valence electrons. The minimum Gasteiger partial charge on any atom is -0.457 e. The molecule has 12 rings (SSSR count). The van der Waals surface area contributed by atoms with E-state index in [0.717, 1.165) is 50.1 Å². The fourth-order valence-corrected chi connectivity index (χ4v) is 13.5. The highest BCUT2D eigenvalue weighted by Crippen LogP contribution is 2.55. The number of pyridine rings is 1. The average Bonchev–Trinajstić information content (AvgIpc) is 1.41. The summed E-state index contributed by atoms with van der Waals surface area (Å²) in [6, 6.07) is 30.6. The number of anilines is 4. The summed E-state index contributed by atoms with van der Waals surface area (Å²) in [4.78, 5) is 9.14. The van der Waals surface area contributed by atoms with Crippen LogP contribution in [0.15, 0.2) is 170 Å². The maximum Gasteiger partial charge on any atom is 0.137 e. The Kier molecular flexibility index (Phi) is 9.60. The number of ether oxygens (including phenoxy) is 1. The Labute approximate surface area is 479 Å². The van der Waals surface area contributed by atoms with Crippen molar-refractivity contribution < 1.29 is 18.4 Å². The van der Waals surface area contributed by atoms with Crippen molar-refractivity contribution in [3.63, 3.8) is 0 Å². The molecule has 0 N–H and O–H groups in total. The van der Waals surface area contributed by atoms with E-state index in [9.17, 15) is 5.48 Å². The first-order valence-corrected chi connectivity index (χ1v) is 27.7. The summed E-state index contributed by atoms with van der Waals surface area (Å²) in [7, 11) is 0. The first-order chi connectivity index (χ1) is 41.2. The molecule has 0 unspecified atom stereocenters. The molecule has 78 heavy (non-hydrogen) atoms. The van der Waals surface area contributed by atoms with Crippen LogP contribution >= 0.6 is 11.3 Å². The smallest absolute Gasteiger partial charge is 0.137 e. The van der Waals surface area contributed by atoms with E-state index in [2.05, 4.69) is 120 Å². The zero-order valence-corrected chi connectivity index (χ0v) is 48.0. The number of rotatable bonds is 7. The minimum atomic E-state index is -0.638. The van der Waals surface area contributed by atoms with Crippen LogP contribution in [0.4, 0.5) is 22.7 Å². The summed E-state index contributed by atoms with van der Waals surface area (Å²) < 4.78 is 103. The SMILES string of the molecule is [2H]c1c([2H])c([2H])c(-c2c(C)c(C(C)(C)C)c(C)c(-c3c([2H])c([2H])c([2H])c([2H])c3[2H])c2N2CN(c3cccc(Oc4ccc5c6c7sc8c(C(C)(C)C)cc(C(C)(C)C)cc8c7ccc6n(-c6cc(C(C)(C)C)ccn6)c5c4)c3)c3ccccc32)c([2H])c1[2H]. The van der Waals surface area contributed by atoms with Gasteiger partial charge in [-0.2, -0.15) is 0 Å². The third kappa shape index (κ3) is 8.64. The summed E-state index contributed by atoms with van der Waals surface area (Å²) in [6.45, 7) is 30.3. The molecule has 0 atom stereocenters. The Hall–Kier alpha value is -7.67. The maximum atomic E-state index is 9.49. The third-order valence-corrected chi connectivity index (χ3v) is 16.8. The molecular formula is C72H72N4OS. The van der Waals surface area contributed by atoms with Crippen LogP contribution < -0.4 is 14.5 Å². The predicted molar refractivity (Wildman–Crippen MR) is 335 cm³/mol. The molecule has 1 aliphatic heterocycles. The normalized spacial score (nSPS) is 15.2. The van der Waals surface area contributed by atoms with Gasteiger partial charge in [0.15, 0.2) is 0 Å². The summed E-state index contributed by atoms with van der Waals surface area (Å²) >= 11 is 1.87. The van der Waals surface area contributed by atoms with Gasteiger partial charge in [0.05, 0.1) is 41.8 Å². The number of nitrogens with zero attached hydrogens (tertiary/aromatic N) is 4. The number of fused-ring (bicyclic) bond motifs is 8. The number of para-hydroxylation sites is 2. The molecule has 8 aromatic carbocycles. The molecule has 3 aromatic heterocycles. The van der Waals surface area contributed by atoms with Crippen molar-refractivity contribution in [1.29, 1.82) is 0 Å². The number of aromatic nitrogens is 2. The Morgan fingerprint density at radius 3 is 1.76 bits per heavy atom. The van der Waals surface area contributed by atoms with E-state index in [4.69, 9.17) is 17.9 Å². The van der Waals surface area contributed by atoms with Crippen LogP contribution in [-0.4, -0.2) is 16.2 Å². The van der Waals surface area contributed by atoms with Gasteiger partial charge in [-0.05, 0) is 141 Å². The lowest BCUT2D eigenvalue weighted by molar-refractivity contribution is 0.483. The van der Waals surface area contributed by atoms with Gasteiger partial charge in [-0.1, -0.05) is 174 Å². The van der Waals surface area contributed by atoms with Crippen molar-refractivity contribution in [3.8, 4) is 39.6 Å². The van der Waals surface area contributed by atoms with Gasteiger partial charge in [0, 0.05) is 66.1 Å². The second-order valence-corrected chi connectivity index (χ2v) is 26.1. The molecule has 0 amide bonds. The maximum absolute atomic E-state index is 9.49. The number of hydrogen-bond donors (Lipinski definition) is 0. The Bertz CT molecular complexity index is 4630. The first kappa shape index (κ1) is 40.5. The Balaban J connectivity index is 1.04. The molecule has 0 aliphatic carbocycles. The second kappa shape index (κ2) is 18.5. The van der Waals surface area contributed by atoms with Gasteiger partial charge in [-0.15, -0.1) is 11.3 Å². The molecule has 11 aromatic rings.